The fraction of sp³-hybridized carbons (Fsp3) is 0.400. The van der Waals surface area contributed by atoms with Crippen LogP contribution in [-0.2, 0) is 7.05 Å². The van der Waals surface area contributed by atoms with Crippen molar-refractivity contribution in [2.45, 2.75) is 30.2 Å². The highest BCUT2D eigenvalue weighted by atomic mass is 32.2. The summed E-state index contributed by atoms with van der Waals surface area (Å²) in [5, 5.41) is 5.62. The number of nitrogens with two attached hydrogens (primary N) is 1. The van der Waals surface area contributed by atoms with Crippen LogP contribution in [-0.4, -0.2) is 22.9 Å². The standard InChI is InChI=1S/C15H21N3OS/c1-10-9-14(18(3)17-10)20-15(11(2)16)12-7-5-6-8-13(12)19-4/h5-9,11,15H,16H2,1-4H3. The van der Waals surface area contributed by atoms with Gasteiger partial charge in [0.25, 0.3) is 0 Å². The van der Waals surface area contributed by atoms with Crippen LogP contribution in [0.25, 0.3) is 0 Å². The second-order valence-corrected chi connectivity index (χ2v) is 6.05. The molecule has 0 spiro atoms. The van der Waals surface area contributed by atoms with E-state index in [1.54, 1.807) is 18.9 Å². The van der Waals surface area contributed by atoms with Gasteiger partial charge in [-0.1, -0.05) is 30.0 Å². The molecule has 0 saturated carbocycles. The number of rotatable bonds is 5. The van der Waals surface area contributed by atoms with Gasteiger partial charge in [-0.15, -0.1) is 0 Å². The molecular weight excluding hydrogens is 270 g/mol. The number of aromatic nitrogens is 2. The van der Waals surface area contributed by atoms with Gasteiger partial charge in [0, 0.05) is 18.7 Å². The zero-order valence-electron chi connectivity index (χ0n) is 12.3. The lowest BCUT2D eigenvalue weighted by molar-refractivity contribution is 0.408. The van der Waals surface area contributed by atoms with Crippen molar-refractivity contribution in [3.63, 3.8) is 0 Å². The third-order valence-corrected chi connectivity index (χ3v) is 4.69. The van der Waals surface area contributed by atoms with Crippen molar-refractivity contribution in [2.24, 2.45) is 12.8 Å². The summed E-state index contributed by atoms with van der Waals surface area (Å²) in [6.07, 6.45) is 0. The Labute approximate surface area is 124 Å². The molecule has 0 aliphatic heterocycles. The molecule has 2 atom stereocenters. The first kappa shape index (κ1) is 14.9. The molecule has 108 valence electrons. The molecule has 0 bridgehead atoms. The molecule has 2 rings (SSSR count). The third-order valence-electron chi connectivity index (χ3n) is 3.13. The van der Waals surface area contributed by atoms with Crippen LogP contribution in [0.2, 0.25) is 0 Å². The minimum atomic E-state index is 0.00602. The van der Waals surface area contributed by atoms with E-state index in [1.165, 1.54) is 0 Å². The molecule has 20 heavy (non-hydrogen) atoms. The van der Waals surface area contributed by atoms with Gasteiger partial charge in [-0.05, 0) is 26.0 Å². The highest BCUT2D eigenvalue weighted by Crippen LogP contribution is 2.40. The number of methoxy groups -OCH3 is 1. The van der Waals surface area contributed by atoms with Crippen molar-refractivity contribution < 1.29 is 4.74 Å². The minimum absolute atomic E-state index is 0.00602. The number of hydrogen-bond donors (Lipinski definition) is 1. The lowest BCUT2D eigenvalue weighted by Crippen LogP contribution is -2.23. The van der Waals surface area contributed by atoms with Gasteiger partial charge in [0.2, 0.25) is 0 Å². The highest BCUT2D eigenvalue weighted by Gasteiger charge is 2.22. The number of nitrogens with zero attached hydrogens (tertiary/aromatic N) is 2. The molecule has 2 unspecified atom stereocenters. The van der Waals surface area contributed by atoms with Crippen molar-refractivity contribution in [1.82, 2.24) is 9.78 Å². The molecule has 0 radical (unpaired) electrons. The average Bonchev–Trinajstić information content (AvgIpc) is 2.74. The maximum absolute atomic E-state index is 6.19. The number of thioether (sulfide) groups is 1. The second-order valence-electron chi connectivity index (χ2n) is 4.89. The summed E-state index contributed by atoms with van der Waals surface area (Å²) in [4.78, 5) is 0. The van der Waals surface area contributed by atoms with E-state index < -0.39 is 0 Å². The van der Waals surface area contributed by atoms with Crippen LogP contribution in [0.1, 0.15) is 23.4 Å². The van der Waals surface area contributed by atoms with E-state index in [0.29, 0.717) is 0 Å². The highest BCUT2D eigenvalue weighted by molar-refractivity contribution is 7.99. The van der Waals surface area contributed by atoms with Gasteiger partial charge in [0.1, 0.15) is 5.75 Å². The van der Waals surface area contributed by atoms with E-state index in [4.69, 9.17) is 10.5 Å². The topological polar surface area (TPSA) is 53.1 Å². The zero-order valence-corrected chi connectivity index (χ0v) is 13.1. The zero-order chi connectivity index (χ0) is 14.7. The Hall–Kier alpha value is -1.46. The van der Waals surface area contributed by atoms with Crippen molar-refractivity contribution >= 4 is 11.8 Å². The summed E-state index contributed by atoms with van der Waals surface area (Å²) < 4.78 is 7.35. The molecule has 0 saturated heterocycles. The number of ether oxygens (including phenoxy) is 1. The van der Waals surface area contributed by atoms with Crippen LogP contribution in [0.15, 0.2) is 35.4 Å². The molecule has 1 aromatic heterocycles. The monoisotopic (exact) mass is 291 g/mol. The van der Waals surface area contributed by atoms with Crippen molar-refractivity contribution in [3.8, 4) is 5.75 Å². The molecule has 1 heterocycles. The third kappa shape index (κ3) is 3.16. The molecule has 5 heteroatoms. The van der Waals surface area contributed by atoms with Gasteiger partial charge < -0.3 is 10.5 Å². The maximum Gasteiger partial charge on any atom is 0.123 e. The van der Waals surface area contributed by atoms with Crippen LogP contribution in [0.3, 0.4) is 0 Å². The van der Waals surface area contributed by atoms with Crippen molar-refractivity contribution in [3.05, 3.63) is 41.6 Å². The summed E-state index contributed by atoms with van der Waals surface area (Å²) in [5.41, 5.74) is 8.32. The molecular formula is C15H21N3OS. The van der Waals surface area contributed by atoms with E-state index in [0.717, 1.165) is 22.0 Å². The lowest BCUT2D eigenvalue weighted by Gasteiger charge is -2.22. The minimum Gasteiger partial charge on any atom is -0.496 e. The smallest absolute Gasteiger partial charge is 0.123 e. The molecule has 2 N–H and O–H groups in total. The van der Waals surface area contributed by atoms with Gasteiger partial charge in [0.15, 0.2) is 0 Å². The Bertz CT molecular complexity index is 580. The van der Waals surface area contributed by atoms with Crippen LogP contribution >= 0.6 is 11.8 Å². The number of aryl methyl sites for hydroxylation is 2. The Kier molecular flexibility index (Phi) is 4.73. The molecule has 2 aromatic rings. The van der Waals surface area contributed by atoms with Crippen molar-refractivity contribution in [2.75, 3.05) is 7.11 Å². The van der Waals surface area contributed by atoms with E-state index in [-0.39, 0.29) is 11.3 Å². The predicted molar refractivity (Wildman–Crippen MR) is 83.2 cm³/mol. The molecule has 0 fully saturated rings. The van der Waals surface area contributed by atoms with E-state index in [1.807, 2.05) is 43.8 Å². The Morgan fingerprint density at radius 3 is 2.60 bits per heavy atom. The van der Waals surface area contributed by atoms with Gasteiger partial charge in [-0.2, -0.15) is 5.10 Å². The first-order chi connectivity index (χ1) is 9.52. The Morgan fingerprint density at radius 2 is 2.05 bits per heavy atom. The van der Waals surface area contributed by atoms with Crippen LogP contribution in [0.5, 0.6) is 5.75 Å². The largest absolute Gasteiger partial charge is 0.496 e. The van der Waals surface area contributed by atoms with E-state index >= 15 is 0 Å². The summed E-state index contributed by atoms with van der Waals surface area (Å²) in [6, 6.07) is 10.1. The lowest BCUT2D eigenvalue weighted by atomic mass is 10.1. The number of benzene rings is 1. The quantitative estimate of drug-likeness (QED) is 0.861. The molecule has 0 aliphatic carbocycles. The maximum atomic E-state index is 6.19. The second kappa shape index (κ2) is 6.33. The van der Waals surface area contributed by atoms with Crippen LogP contribution < -0.4 is 10.5 Å². The summed E-state index contributed by atoms with van der Waals surface area (Å²) >= 11 is 1.72. The number of para-hydroxylation sites is 1. The van der Waals surface area contributed by atoms with E-state index in [2.05, 4.69) is 17.2 Å². The number of hydrogen-bond acceptors (Lipinski definition) is 4. The molecule has 0 aliphatic rings. The summed E-state index contributed by atoms with van der Waals surface area (Å²) in [6.45, 7) is 4.02. The normalized spacial score (nSPS) is 14.1. The predicted octanol–water partition coefficient (Wildman–Crippen LogP) is 2.92. The Morgan fingerprint density at radius 1 is 1.35 bits per heavy atom. The first-order valence-corrected chi connectivity index (χ1v) is 7.46. The summed E-state index contributed by atoms with van der Waals surface area (Å²) in [5.74, 6) is 0.876. The van der Waals surface area contributed by atoms with Crippen LogP contribution in [0.4, 0.5) is 0 Å². The fourth-order valence-electron chi connectivity index (χ4n) is 2.18. The SMILES string of the molecule is COc1ccccc1C(Sc1cc(C)nn1C)C(C)N. The Balaban J connectivity index is 2.34. The van der Waals surface area contributed by atoms with Gasteiger partial charge in [0.05, 0.1) is 23.1 Å². The molecule has 1 aromatic carbocycles. The summed E-state index contributed by atoms with van der Waals surface area (Å²) in [7, 11) is 3.64. The first-order valence-electron chi connectivity index (χ1n) is 6.58. The fourth-order valence-corrected chi connectivity index (χ4v) is 3.41. The van der Waals surface area contributed by atoms with Gasteiger partial charge >= 0.3 is 0 Å². The van der Waals surface area contributed by atoms with Crippen LogP contribution in [0, 0.1) is 6.92 Å². The van der Waals surface area contributed by atoms with E-state index in [9.17, 15) is 0 Å². The molecule has 4 nitrogen and oxygen atoms in total. The van der Waals surface area contributed by atoms with Crippen molar-refractivity contribution in [1.29, 1.82) is 0 Å². The molecule has 0 amide bonds. The van der Waals surface area contributed by atoms with Gasteiger partial charge in [-0.3, -0.25) is 4.68 Å². The van der Waals surface area contributed by atoms with Gasteiger partial charge in [-0.25, -0.2) is 0 Å². The average molecular weight is 291 g/mol.